The molecule has 2 rings (SSSR count). The largest absolute Gasteiger partial charge is 0.312 e. The summed E-state index contributed by atoms with van der Waals surface area (Å²) in [6.45, 7) is 11.3. The second kappa shape index (κ2) is 6.38. The topological polar surface area (TPSA) is 15.3 Å². The number of nitrogens with zero attached hydrogens (tertiary/aromatic N) is 1. The second-order valence-electron chi connectivity index (χ2n) is 6.61. The van der Waals surface area contributed by atoms with Crippen LogP contribution < -0.4 is 5.32 Å². The van der Waals surface area contributed by atoms with Gasteiger partial charge in [0.05, 0.1) is 0 Å². The highest BCUT2D eigenvalue weighted by Gasteiger charge is 2.23. The monoisotopic (exact) mass is 324 g/mol. The van der Waals surface area contributed by atoms with Gasteiger partial charge in [-0.25, -0.2) is 0 Å². The van der Waals surface area contributed by atoms with E-state index in [1.165, 1.54) is 29.5 Å². The fourth-order valence-electron chi connectivity index (χ4n) is 2.54. The number of nitrogens with one attached hydrogen (secondary N) is 1. The average Bonchev–Trinajstić information content (AvgIpc) is 2.77. The Kier molecular flexibility index (Phi) is 5.04. The Morgan fingerprint density at radius 3 is 2.74 bits per heavy atom. The predicted octanol–water partition coefficient (Wildman–Crippen LogP) is 3.66. The minimum Gasteiger partial charge on any atom is -0.312 e. The minimum absolute atomic E-state index is 0.232. The van der Waals surface area contributed by atoms with Crippen molar-refractivity contribution in [1.29, 1.82) is 0 Å². The van der Waals surface area contributed by atoms with E-state index < -0.39 is 0 Å². The molecule has 106 valence electrons. The summed E-state index contributed by atoms with van der Waals surface area (Å²) in [5.74, 6) is 0.793. The van der Waals surface area contributed by atoms with Crippen LogP contribution >= 0.6 is 15.9 Å². The van der Waals surface area contributed by atoms with Crippen LogP contribution in [0.3, 0.4) is 0 Å². The number of benzene rings is 1. The number of hydrogen-bond acceptors (Lipinski definition) is 2. The smallest absolute Gasteiger partial charge is 0.0245 e. The van der Waals surface area contributed by atoms with Crippen LogP contribution in [-0.2, 0) is 6.54 Å². The first-order valence-corrected chi connectivity index (χ1v) is 7.94. The molecule has 1 fully saturated rings. The fourth-order valence-corrected chi connectivity index (χ4v) is 2.95. The van der Waals surface area contributed by atoms with Crippen molar-refractivity contribution in [1.82, 2.24) is 10.2 Å². The first-order valence-electron chi connectivity index (χ1n) is 7.15. The Morgan fingerprint density at radius 1 is 1.32 bits per heavy atom. The van der Waals surface area contributed by atoms with Crippen molar-refractivity contribution in [3.8, 4) is 0 Å². The molecule has 1 saturated heterocycles. The fraction of sp³-hybridized carbons (Fsp3) is 0.625. The molecule has 19 heavy (non-hydrogen) atoms. The van der Waals surface area contributed by atoms with Gasteiger partial charge in [-0.1, -0.05) is 34.1 Å². The lowest BCUT2D eigenvalue weighted by Gasteiger charge is -2.23. The van der Waals surface area contributed by atoms with E-state index in [4.69, 9.17) is 0 Å². The Hall–Kier alpha value is -0.380. The number of likely N-dealkylation sites (tertiary alicyclic amines) is 1. The first kappa shape index (κ1) is 15.0. The van der Waals surface area contributed by atoms with E-state index in [1.54, 1.807) is 0 Å². The summed E-state index contributed by atoms with van der Waals surface area (Å²) in [6, 6.07) is 8.54. The molecule has 0 aromatic heterocycles. The van der Waals surface area contributed by atoms with Crippen LogP contribution in [0, 0.1) is 5.92 Å². The Bertz CT molecular complexity index is 411. The highest BCUT2D eigenvalue weighted by Crippen LogP contribution is 2.22. The molecule has 1 N–H and O–H groups in total. The maximum atomic E-state index is 3.64. The molecule has 1 aromatic carbocycles. The molecule has 1 atom stereocenters. The van der Waals surface area contributed by atoms with Crippen LogP contribution in [-0.4, -0.2) is 30.1 Å². The van der Waals surface area contributed by atoms with Crippen LogP contribution in [0.2, 0.25) is 0 Å². The van der Waals surface area contributed by atoms with Gasteiger partial charge in [0.15, 0.2) is 0 Å². The summed E-state index contributed by atoms with van der Waals surface area (Å²) in [6.07, 6.45) is 1.31. The SMILES string of the molecule is CC(C)(C)NCC1CCN(Cc2ccccc2Br)C1. The van der Waals surface area contributed by atoms with Crippen molar-refractivity contribution < 1.29 is 0 Å². The Labute approximate surface area is 125 Å². The molecule has 1 aromatic rings. The van der Waals surface area contributed by atoms with Crippen molar-refractivity contribution in [2.75, 3.05) is 19.6 Å². The zero-order valence-corrected chi connectivity index (χ0v) is 13.8. The van der Waals surface area contributed by atoms with E-state index >= 15 is 0 Å². The summed E-state index contributed by atoms with van der Waals surface area (Å²) >= 11 is 3.64. The van der Waals surface area contributed by atoms with Crippen LogP contribution in [0.1, 0.15) is 32.8 Å². The van der Waals surface area contributed by atoms with Gasteiger partial charge in [0.2, 0.25) is 0 Å². The molecule has 0 radical (unpaired) electrons. The van der Waals surface area contributed by atoms with E-state index in [0.29, 0.717) is 0 Å². The molecule has 0 spiro atoms. The molecule has 0 amide bonds. The summed E-state index contributed by atoms with van der Waals surface area (Å²) in [4.78, 5) is 2.56. The van der Waals surface area contributed by atoms with Crippen molar-refractivity contribution in [2.45, 2.75) is 39.3 Å². The molecule has 3 heteroatoms. The predicted molar refractivity (Wildman–Crippen MR) is 85.3 cm³/mol. The van der Waals surface area contributed by atoms with Gasteiger partial charge in [-0.15, -0.1) is 0 Å². The molecule has 0 bridgehead atoms. The van der Waals surface area contributed by atoms with E-state index in [1.807, 2.05) is 0 Å². The third-order valence-corrected chi connectivity index (χ3v) is 4.42. The van der Waals surface area contributed by atoms with Gasteiger partial charge in [-0.3, -0.25) is 4.90 Å². The lowest BCUT2D eigenvalue weighted by molar-refractivity contribution is 0.304. The lowest BCUT2D eigenvalue weighted by atomic mass is 10.1. The van der Waals surface area contributed by atoms with E-state index in [2.05, 4.69) is 71.2 Å². The summed E-state index contributed by atoms with van der Waals surface area (Å²) in [5.41, 5.74) is 1.63. The van der Waals surface area contributed by atoms with Gasteiger partial charge in [0.25, 0.3) is 0 Å². The van der Waals surface area contributed by atoms with Crippen molar-refractivity contribution in [3.05, 3.63) is 34.3 Å². The van der Waals surface area contributed by atoms with Crippen molar-refractivity contribution in [3.63, 3.8) is 0 Å². The first-order chi connectivity index (χ1) is 8.94. The quantitative estimate of drug-likeness (QED) is 0.909. The molecular formula is C16H25BrN2. The molecular weight excluding hydrogens is 300 g/mol. The molecule has 0 saturated carbocycles. The second-order valence-corrected chi connectivity index (χ2v) is 7.47. The minimum atomic E-state index is 0.232. The van der Waals surface area contributed by atoms with Crippen LogP contribution in [0.5, 0.6) is 0 Å². The van der Waals surface area contributed by atoms with E-state index in [9.17, 15) is 0 Å². The average molecular weight is 325 g/mol. The highest BCUT2D eigenvalue weighted by molar-refractivity contribution is 9.10. The van der Waals surface area contributed by atoms with Crippen LogP contribution in [0.15, 0.2) is 28.7 Å². The number of halogens is 1. The third-order valence-electron chi connectivity index (χ3n) is 3.64. The van der Waals surface area contributed by atoms with E-state index in [-0.39, 0.29) is 5.54 Å². The molecule has 1 unspecified atom stereocenters. The zero-order chi connectivity index (χ0) is 13.9. The Balaban J connectivity index is 1.81. The molecule has 1 aliphatic heterocycles. The summed E-state index contributed by atoms with van der Waals surface area (Å²) in [5, 5.41) is 3.62. The van der Waals surface area contributed by atoms with Crippen LogP contribution in [0.4, 0.5) is 0 Å². The highest BCUT2D eigenvalue weighted by atomic mass is 79.9. The third kappa shape index (κ3) is 4.90. The number of rotatable bonds is 4. The van der Waals surface area contributed by atoms with Crippen molar-refractivity contribution in [2.24, 2.45) is 5.92 Å². The number of hydrogen-bond donors (Lipinski definition) is 1. The van der Waals surface area contributed by atoms with Gasteiger partial charge in [-0.05, 0) is 57.8 Å². The zero-order valence-electron chi connectivity index (χ0n) is 12.2. The van der Waals surface area contributed by atoms with Gasteiger partial charge in [-0.2, -0.15) is 0 Å². The molecule has 2 nitrogen and oxygen atoms in total. The normalized spacial score (nSPS) is 20.9. The lowest BCUT2D eigenvalue weighted by Crippen LogP contribution is -2.39. The Morgan fingerprint density at radius 2 is 2.05 bits per heavy atom. The molecule has 0 aliphatic carbocycles. The van der Waals surface area contributed by atoms with Gasteiger partial charge >= 0.3 is 0 Å². The van der Waals surface area contributed by atoms with Gasteiger partial charge in [0.1, 0.15) is 0 Å². The summed E-state index contributed by atoms with van der Waals surface area (Å²) < 4.78 is 1.23. The molecule has 1 aliphatic rings. The standard InChI is InChI=1S/C16H25BrN2/c1-16(2,3)18-10-13-8-9-19(11-13)12-14-6-4-5-7-15(14)17/h4-7,13,18H,8-12H2,1-3H3. The maximum absolute atomic E-state index is 3.64. The molecule has 1 heterocycles. The maximum Gasteiger partial charge on any atom is 0.0245 e. The summed E-state index contributed by atoms with van der Waals surface area (Å²) in [7, 11) is 0. The van der Waals surface area contributed by atoms with Gasteiger partial charge in [0, 0.05) is 23.1 Å². The van der Waals surface area contributed by atoms with Crippen LogP contribution in [0.25, 0.3) is 0 Å². The van der Waals surface area contributed by atoms with E-state index in [0.717, 1.165) is 19.0 Å². The van der Waals surface area contributed by atoms with Crippen molar-refractivity contribution >= 4 is 15.9 Å². The van der Waals surface area contributed by atoms with Gasteiger partial charge < -0.3 is 5.32 Å².